The summed E-state index contributed by atoms with van der Waals surface area (Å²) in [7, 11) is 0. The molecule has 6 rings (SSSR count). The van der Waals surface area contributed by atoms with E-state index in [1.165, 1.54) is 58.7 Å². The Bertz CT molecular complexity index is 1230. The first-order chi connectivity index (χ1) is 13.6. The molecule has 4 aromatic rings. The van der Waals surface area contributed by atoms with Crippen LogP contribution in [0.4, 0.5) is 11.5 Å². The van der Waals surface area contributed by atoms with Crippen LogP contribution in [0.25, 0.3) is 21.8 Å². The standard InChI is InChI=1S/C24H24N4/c1-23-11-5-6-12-24(23,2)28(22-19(23)14-25-15-26-22)16-9-10-21-18(13-16)17-7-3-4-8-20(17)27-21/h3-4,7-10,13-15,27H,5-6,11-12H2,1-2H3. The van der Waals surface area contributed by atoms with E-state index in [0.29, 0.717) is 0 Å². The van der Waals surface area contributed by atoms with Crippen LogP contribution in [0.3, 0.4) is 0 Å². The van der Waals surface area contributed by atoms with Gasteiger partial charge in [-0.25, -0.2) is 9.97 Å². The molecule has 0 bridgehead atoms. The Balaban J connectivity index is 1.62. The summed E-state index contributed by atoms with van der Waals surface area (Å²) in [5, 5.41) is 2.55. The van der Waals surface area contributed by atoms with E-state index in [-0.39, 0.29) is 11.0 Å². The summed E-state index contributed by atoms with van der Waals surface area (Å²) >= 11 is 0. The van der Waals surface area contributed by atoms with Crippen LogP contribution in [-0.2, 0) is 5.41 Å². The molecule has 4 nitrogen and oxygen atoms in total. The molecule has 2 aromatic heterocycles. The lowest BCUT2D eigenvalue weighted by Gasteiger charge is -2.49. The Morgan fingerprint density at radius 3 is 2.71 bits per heavy atom. The molecule has 2 unspecified atom stereocenters. The number of benzene rings is 2. The Morgan fingerprint density at radius 1 is 0.964 bits per heavy atom. The molecule has 0 saturated heterocycles. The molecular weight excluding hydrogens is 344 g/mol. The first-order valence-corrected chi connectivity index (χ1v) is 10.2. The van der Waals surface area contributed by atoms with Gasteiger partial charge in [0.1, 0.15) is 12.1 Å². The summed E-state index contributed by atoms with van der Waals surface area (Å²) < 4.78 is 0. The lowest BCUT2D eigenvalue weighted by Crippen LogP contribution is -2.54. The SMILES string of the molecule is CC12CCCCC1(C)N(c1ccc3[nH]c4ccccc4c3c1)c1ncncc12. The van der Waals surface area contributed by atoms with Crippen molar-refractivity contribution in [2.45, 2.75) is 50.5 Å². The number of hydrogen-bond donors (Lipinski definition) is 1. The maximum atomic E-state index is 4.77. The molecule has 1 saturated carbocycles. The van der Waals surface area contributed by atoms with Gasteiger partial charge in [0.15, 0.2) is 0 Å². The Hall–Kier alpha value is -2.88. The average molecular weight is 368 g/mol. The van der Waals surface area contributed by atoms with E-state index in [1.807, 2.05) is 0 Å². The van der Waals surface area contributed by atoms with Crippen molar-refractivity contribution in [3.63, 3.8) is 0 Å². The van der Waals surface area contributed by atoms with Crippen LogP contribution in [0.1, 0.15) is 45.1 Å². The zero-order chi connectivity index (χ0) is 18.9. The second kappa shape index (κ2) is 5.34. The Morgan fingerprint density at radius 2 is 1.79 bits per heavy atom. The van der Waals surface area contributed by atoms with Crippen LogP contribution in [0.15, 0.2) is 55.0 Å². The minimum atomic E-state index is 0.0173. The summed E-state index contributed by atoms with van der Waals surface area (Å²) in [4.78, 5) is 15.2. The second-order valence-corrected chi connectivity index (χ2v) is 8.81. The predicted molar refractivity (Wildman–Crippen MR) is 114 cm³/mol. The number of anilines is 2. The minimum absolute atomic E-state index is 0.0173. The van der Waals surface area contributed by atoms with Crippen molar-refractivity contribution in [2.24, 2.45) is 0 Å². The largest absolute Gasteiger partial charge is 0.355 e. The molecule has 2 aromatic carbocycles. The molecule has 2 atom stereocenters. The predicted octanol–water partition coefficient (Wildman–Crippen LogP) is 5.85. The zero-order valence-corrected chi connectivity index (χ0v) is 16.4. The highest BCUT2D eigenvalue weighted by Gasteiger charge is 2.58. The van der Waals surface area contributed by atoms with Gasteiger partial charge in [-0.1, -0.05) is 38.0 Å². The first kappa shape index (κ1) is 16.1. The number of fused-ring (bicyclic) bond motifs is 6. The molecule has 1 aliphatic carbocycles. The summed E-state index contributed by atoms with van der Waals surface area (Å²) in [5.41, 5.74) is 5.00. The molecule has 3 heterocycles. The molecule has 2 aliphatic rings. The topological polar surface area (TPSA) is 44.8 Å². The molecule has 0 radical (unpaired) electrons. The first-order valence-electron chi connectivity index (χ1n) is 10.2. The van der Waals surface area contributed by atoms with Crippen LogP contribution in [0.2, 0.25) is 0 Å². The van der Waals surface area contributed by atoms with Gasteiger partial charge in [0.2, 0.25) is 0 Å². The highest BCUT2D eigenvalue weighted by atomic mass is 15.3. The van der Waals surface area contributed by atoms with Gasteiger partial charge in [0.05, 0.1) is 5.54 Å². The number of nitrogens with zero attached hydrogens (tertiary/aromatic N) is 3. The van der Waals surface area contributed by atoms with Gasteiger partial charge in [-0.2, -0.15) is 0 Å². The van der Waals surface area contributed by atoms with Crippen molar-refractivity contribution in [3.05, 3.63) is 60.6 Å². The second-order valence-electron chi connectivity index (χ2n) is 8.81. The normalized spacial score (nSPS) is 26.6. The molecule has 28 heavy (non-hydrogen) atoms. The van der Waals surface area contributed by atoms with Crippen molar-refractivity contribution in [1.29, 1.82) is 0 Å². The molecule has 1 N–H and O–H groups in total. The summed E-state index contributed by atoms with van der Waals surface area (Å²) in [6, 6.07) is 15.3. The third-order valence-electron chi connectivity index (χ3n) is 7.52. The number of hydrogen-bond acceptors (Lipinski definition) is 3. The number of rotatable bonds is 1. The third kappa shape index (κ3) is 1.85. The van der Waals surface area contributed by atoms with Gasteiger partial charge < -0.3 is 9.88 Å². The van der Waals surface area contributed by atoms with E-state index in [9.17, 15) is 0 Å². The van der Waals surface area contributed by atoms with E-state index in [4.69, 9.17) is 4.98 Å². The average Bonchev–Trinajstić information content (AvgIpc) is 3.18. The lowest BCUT2D eigenvalue weighted by molar-refractivity contribution is 0.194. The van der Waals surface area contributed by atoms with Gasteiger partial charge in [-0.05, 0) is 44.0 Å². The van der Waals surface area contributed by atoms with Gasteiger partial charge in [0.25, 0.3) is 0 Å². The van der Waals surface area contributed by atoms with Crippen LogP contribution >= 0.6 is 0 Å². The van der Waals surface area contributed by atoms with E-state index in [2.05, 4.69) is 77.4 Å². The van der Waals surface area contributed by atoms with E-state index in [1.54, 1.807) is 6.33 Å². The van der Waals surface area contributed by atoms with Crippen molar-refractivity contribution in [2.75, 3.05) is 4.90 Å². The highest BCUT2D eigenvalue weighted by Crippen LogP contribution is 2.59. The fourth-order valence-corrected chi connectivity index (χ4v) is 5.78. The maximum absolute atomic E-state index is 4.77. The molecule has 1 fully saturated rings. The van der Waals surface area contributed by atoms with E-state index in [0.717, 1.165) is 5.82 Å². The van der Waals surface area contributed by atoms with Crippen LogP contribution in [0.5, 0.6) is 0 Å². The van der Waals surface area contributed by atoms with E-state index < -0.39 is 0 Å². The fourth-order valence-electron chi connectivity index (χ4n) is 5.78. The molecular formula is C24H24N4. The number of aromatic nitrogens is 3. The van der Waals surface area contributed by atoms with Gasteiger partial charge in [-0.3, -0.25) is 0 Å². The van der Waals surface area contributed by atoms with Crippen molar-refractivity contribution >= 4 is 33.3 Å². The van der Waals surface area contributed by atoms with Crippen molar-refractivity contribution in [1.82, 2.24) is 15.0 Å². The smallest absolute Gasteiger partial charge is 0.140 e. The molecule has 4 heteroatoms. The summed E-state index contributed by atoms with van der Waals surface area (Å²) in [6.45, 7) is 4.84. The highest BCUT2D eigenvalue weighted by molar-refractivity contribution is 6.08. The van der Waals surface area contributed by atoms with Crippen molar-refractivity contribution in [3.8, 4) is 0 Å². The minimum Gasteiger partial charge on any atom is -0.355 e. The molecule has 140 valence electrons. The van der Waals surface area contributed by atoms with Crippen LogP contribution < -0.4 is 4.90 Å². The van der Waals surface area contributed by atoms with Gasteiger partial charge in [0, 0.05) is 44.7 Å². The van der Waals surface area contributed by atoms with Crippen molar-refractivity contribution < 1.29 is 0 Å². The number of nitrogens with one attached hydrogen (secondary N) is 1. The molecule has 0 amide bonds. The maximum Gasteiger partial charge on any atom is 0.140 e. The van der Waals surface area contributed by atoms with Gasteiger partial charge in [-0.15, -0.1) is 0 Å². The molecule has 0 spiro atoms. The monoisotopic (exact) mass is 368 g/mol. The van der Waals surface area contributed by atoms with Gasteiger partial charge >= 0.3 is 0 Å². The van der Waals surface area contributed by atoms with Crippen LogP contribution in [-0.4, -0.2) is 20.5 Å². The fraction of sp³-hybridized carbons (Fsp3) is 0.333. The Kier molecular flexibility index (Phi) is 3.07. The lowest BCUT2D eigenvalue weighted by atomic mass is 9.62. The number of para-hydroxylation sites is 1. The summed E-state index contributed by atoms with van der Waals surface area (Å²) in [6.07, 6.45) is 8.65. The zero-order valence-electron chi connectivity index (χ0n) is 16.4. The summed E-state index contributed by atoms with van der Waals surface area (Å²) in [5.74, 6) is 1.08. The molecule has 1 aliphatic heterocycles. The Labute approximate surface area is 164 Å². The van der Waals surface area contributed by atoms with Crippen LogP contribution in [0, 0.1) is 0 Å². The number of H-pyrrole nitrogens is 1. The van der Waals surface area contributed by atoms with E-state index >= 15 is 0 Å². The number of aromatic amines is 1. The third-order valence-corrected chi connectivity index (χ3v) is 7.52. The quantitative estimate of drug-likeness (QED) is 0.458.